The van der Waals surface area contributed by atoms with Gasteiger partial charge >= 0.3 is 0 Å². The molecule has 0 radical (unpaired) electrons. The predicted octanol–water partition coefficient (Wildman–Crippen LogP) is 3.71. The number of para-hydroxylation sites is 1. The molecule has 1 aromatic heterocycles. The van der Waals surface area contributed by atoms with Crippen molar-refractivity contribution in [1.29, 1.82) is 0 Å². The van der Waals surface area contributed by atoms with E-state index in [1.807, 2.05) is 0 Å². The fraction of sp³-hybridized carbons (Fsp3) is 0.105. The average molecular weight is 447 g/mol. The van der Waals surface area contributed by atoms with Gasteiger partial charge in [-0.2, -0.15) is 10.2 Å². The first-order valence-electron chi connectivity index (χ1n) is 8.15. The molecule has 2 N–H and O–H groups in total. The number of hydrogen-bond acceptors (Lipinski definition) is 6. The summed E-state index contributed by atoms with van der Waals surface area (Å²) in [7, 11) is 1.52. The number of nitrogens with zero attached hydrogens (tertiary/aromatic N) is 2. The number of benzene rings is 2. The van der Waals surface area contributed by atoms with Gasteiger partial charge in [0.15, 0.2) is 11.5 Å². The third-order valence-corrected chi connectivity index (χ3v) is 4.53. The zero-order valence-electron chi connectivity index (χ0n) is 14.8. The number of rotatable bonds is 7. The molecule has 3 rings (SSSR count). The molecule has 0 spiro atoms. The molecule has 0 atom stereocenters. The molecule has 2 aromatic carbocycles. The number of anilines is 1. The van der Waals surface area contributed by atoms with E-state index in [0.29, 0.717) is 28.3 Å². The maximum atomic E-state index is 13.9. The van der Waals surface area contributed by atoms with Gasteiger partial charge in [0, 0.05) is 11.1 Å². The summed E-state index contributed by atoms with van der Waals surface area (Å²) in [6.45, 7) is 0.0326. The van der Waals surface area contributed by atoms with Crippen LogP contribution in [0.5, 0.6) is 11.5 Å². The van der Waals surface area contributed by atoms with Crippen molar-refractivity contribution in [2.45, 2.75) is 6.61 Å². The van der Waals surface area contributed by atoms with Crippen LogP contribution in [-0.4, -0.2) is 23.5 Å². The van der Waals surface area contributed by atoms with E-state index in [9.17, 15) is 9.18 Å². The highest BCUT2D eigenvalue weighted by molar-refractivity contribution is 9.10. The van der Waals surface area contributed by atoms with Crippen molar-refractivity contribution in [3.05, 3.63) is 80.4 Å². The number of ether oxygens (including phenoxy) is 2. The molecule has 9 heteroatoms. The Bertz CT molecular complexity index is 1060. The van der Waals surface area contributed by atoms with Crippen LogP contribution in [0.15, 0.2) is 63.0 Å². The van der Waals surface area contributed by atoms with E-state index in [2.05, 4.69) is 36.7 Å². The van der Waals surface area contributed by atoms with E-state index in [-0.39, 0.29) is 22.5 Å². The summed E-state index contributed by atoms with van der Waals surface area (Å²) < 4.78 is 25.3. The van der Waals surface area contributed by atoms with Gasteiger partial charge in [-0.25, -0.2) is 9.49 Å². The van der Waals surface area contributed by atoms with Gasteiger partial charge in [-0.3, -0.25) is 10.2 Å². The molecule has 0 aliphatic rings. The molecule has 0 aliphatic heterocycles. The fourth-order valence-corrected chi connectivity index (χ4v) is 2.63. The smallest absolute Gasteiger partial charge is 0.280 e. The van der Waals surface area contributed by atoms with Gasteiger partial charge < -0.3 is 9.47 Å². The Kier molecular flexibility index (Phi) is 6.38. The van der Waals surface area contributed by atoms with Crippen molar-refractivity contribution in [3.8, 4) is 11.5 Å². The Labute approximate surface area is 168 Å². The summed E-state index contributed by atoms with van der Waals surface area (Å²) in [5, 5.41) is 10.1. The second-order valence-electron chi connectivity index (χ2n) is 5.56. The Morgan fingerprint density at radius 2 is 2.11 bits per heavy atom. The molecule has 0 aliphatic carbocycles. The zero-order chi connectivity index (χ0) is 19.9. The van der Waals surface area contributed by atoms with Crippen molar-refractivity contribution in [3.63, 3.8) is 0 Å². The lowest BCUT2D eigenvalue weighted by molar-refractivity contribution is 0.279. The van der Waals surface area contributed by atoms with Crippen LogP contribution >= 0.6 is 15.9 Å². The quantitative estimate of drug-likeness (QED) is 0.426. The number of aromatic amines is 1. The molecule has 0 bridgehead atoms. The van der Waals surface area contributed by atoms with Crippen molar-refractivity contribution < 1.29 is 13.9 Å². The molecular formula is C19H16BrFN4O3. The molecule has 0 unspecified atom stereocenters. The van der Waals surface area contributed by atoms with E-state index >= 15 is 0 Å². The molecule has 28 heavy (non-hydrogen) atoms. The average Bonchev–Trinajstić information content (AvgIpc) is 2.71. The van der Waals surface area contributed by atoms with Crippen LogP contribution in [0, 0.1) is 5.82 Å². The van der Waals surface area contributed by atoms with Crippen LogP contribution in [0.3, 0.4) is 0 Å². The van der Waals surface area contributed by atoms with Crippen molar-refractivity contribution in [1.82, 2.24) is 10.2 Å². The lowest BCUT2D eigenvalue weighted by atomic mass is 10.2. The van der Waals surface area contributed by atoms with Gasteiger partial charge in [-0.15, -0.1) is 0 Å². The van der Waals surface area contributed by atoms with Crippen LogP contribution in [-0.2, 0) is 6.61 Å². The van der Waals surface area contributed by atoms with Gasteiger partial charge in [0.1, 0.15) is 16.9 Å². The zero-order valence-corrected chi connectivity index (χ0v) is 16.4. The lowest BCUT2D eigenvalue weighted by Gasteiger charge is -2.13. The maximum Gasteiger partial charge on any atom is 0.280 e. The fourth-order valence-electron chi connectivity index (χ4n) is 2.35. The second-order valence-corrected chi connectivity index (χ2v) is 6.35. The minimum absolute atomic E-state index is 0.0326. The minimum Gasteiger partial charge on any atom is -0.493 e. The summed E-state index contributed by atoms with van der Waals surface area (Å²) >= 11 is 3.16. The van der Waals surface area contributed by atoms with Crippen LogP contribution in [0.4, 0.5) is 10.1 Å². The lowest BCUT2D eigenvalue weighted by Crippen LogP contribution is -2.10. The van der Waals surface area contributed by atoms with E-state index in [4.69, 9.17) is 9.47 Å². The van der Waals surface area contributed by atoms with Gasteiger partial charge in [-0.05, 0) is 34.1 Å². The van der Waals surface area contributed by atoms with Crippen LogP contribution in [0.25, 0.3) is 0 Å². The highest BCUT2D eigenvalue weighted by atomic mass is 79.9. The highest BCUT2D eigenvalue weighted by Gasteiger charge is 2.11. The number of nitrogens with one attached hydrogen (secondary N) is 2. The summed E-state index contributed by atoms with van der Waals surface area (Å²) in [5.74, 6) is 0.558. The standard InChI is InChI=1S/C19H16BrFN4O3/c1-27-16-8-4-6-12(9-22-24-15-10-23-25-19(26)17(15)20)18(16)28-11-13-5-2-3-7-14(13)21/h2-10H,11H2,1H3,(H2,24,25,26)/b22-9+. The summed E-state index contributed by atoms with van der Waals surface area (Å²) in [5.41, 5.74) is 3.79. The Morgan fingerprint density at radius 1 is 1.29 bits per heavy atom. The van der Waals surface area contributed by atoms with Gasteiger partial charge in [0.05, 0.1) is 25.2 Å². The van der Waals surface area contributed by atoms with E-state index in [0.717, 1.165) is 0 Å². The third-order valence-electron chi connectivity index (χ3n) is 3.74. The normalized spacial score (nSPS) is 10.8. The first-order chi connectivity index (χ1) is 13.6. The van der Waals surface area contributed by atoms with Crippen molar-refractivity contribution >= 4 is 27.8 Å². The third kappa shape index (κ3) is 4.55. The molecular weight excluding hydrogens is 431 g/mol. The maximum absolute atomic E-state index is 13.9. The summed E-state index contributed by atoms with van der Waals surface area (Å²) in [4.78, 5) is 11.5. The number of H-pyrrole nitrogens is 1. The van der Waals surface area contributed by atoms with Crippen LogP contribution < -0.4 is 20.5 Å². The number of hydrogen-bond donors (Lipinski definition) is 2. The first kappa shape index (κ1) is 19.6. The van der Waals surface area contributed by atoms with Crippen molar-refractivity contribution in [2.75, 3.05) is 12.5 Å². The van der Waals surface area contributed by atoms with Gasteiger partial charge in [0.25, 0.3) is 5.56 Å². The van der Waals surface area contributed by atoms with Crippen molar-refractivity contribution in [2.24, 2.45) is 5.10 Å². The van der Waals surface area contributed by atoms with E-state index in [1.54, 1.807) is 36.4 Å². The van der Waals surface area contributed by atoms with Gasteiger partial charge in [-0.1, -0.05) is 24.3 Å². The molecule has 0 saturated heterocycles. The number of methoxy groups -OCH3 is 1. The number of hydrazone groups is 1. The Hall–Kier alpha value is -3.20. The first-order valence-corrected chi connectivity index (χ1v) is 8.95. The largest absolute Gasteiger partial charge is 0.493 e. The minimum atomic E-state index is -0.379. The van der Waals surface area contributed by atoms with Crippen LogP contribution in [0.2, 0.25) is 0 Å². The van der Waals surface area contributed by atoms with Gasteiger partial charge in [0.2, 0.25) is 0 Å². The Balaban J connectivity index is 1.81. The summed E-state index contributed by atoms with van der Waals surface area (Å²) in [6, 6.07) is 11.7. The second kappa shape index (κ2) is 9.14. The molecule has 7 nitrogen and oxygen atoms in total. The molecule has 1 heterocycles. The summed E-state index contributed by atoms with van der Waals surface area (Å²) in [6.07, 6.45) is 2.93. The van der Waals surface area contributed by atoms with E-state index < -0.39 is 0 Å². The number of aromatic nitrogens is 2. The van der Waals surface area contributed by atoms with Crippen LogP contribution in [0.1, 0.15) is 11.1 Å². The highest BCUT2D eigenvalue weighted by Crippen LogP contribution is 2.31. The predicted molar refractivity (Wildman–Crippen MR) is 108 cm³/mol. The number of halogens is 2. The molecule has 0 fully saturated rings. The Morgan fingerprint density at radius 3 is 2.89 bits per heavy atom. The molecule has 0 saturated carbocycles. The molecule has 0 amide bonds. The molecule has 144 valence electrons. The topological polar surface area (TPSA) is 88.6 Å². The molecule has 3 aromatic rings. The SMILES string of the molecule is COc1cccc(/C=N/Nc2cn[nH]c(=O)c2Br)c1OCc1ccccc1F. The monoisotopic (exact) mass is 446 g/mol. The van der Waals surface area contributed by atoms with E-state index in [1.165, 1.54) is 25.6 Å².